The molecule has 4 aliphatic rings. The molecule has 0 aromatic carbocycles. The summed E-state index contributed by atoms with van der Waals surface area (Å²) in [6, 6.07) is 0. The summed E-state index contributed by atoms with van der Waals surface area (Å²) in [6.07, 6.45) is 16.5. The number of hydrogen-bond donors (Lipinski definition) is 1. The van der Waals surface area contributed by atoms with Gasteiger partial charge in [0, 0.05) is 5.41 Å². The van der Waals surface area contributed by atoms with E-state index >= 15 is 0 Å². The van der Waals surface area contributed by atoms with Crippen molar-refractivity contribution in [2.75, 3.05) is 0 Å². The normalized spacial score (nSPS) is 48.1. The molecule has 0 unspecified atom stereocenters. The van der Waals surface area contributed by atoms with E-state index in [0.29, 0.717) is 23.7 Å². The highest BCUT2D eigenvalue weighted by Gasteiger charge is 2.59. The maximum atomic E-state index is 11.9. The number of fused-ring (bicyclic) bond motifs is 5. The zero-order chi connectivity index (χ0) is 16.4. The largest absolute Gasteiger partial charge is 0.373 e. The van der Waals surface area contributed by atoms with Gasteiger partial charge in [0.15, 0.2) is 5.78 Å². The van der Waals surface area contributed by atoms with E-state index in [1.807, 2.05) is 12.2 Å². The van der Waals surface area contributed by atoms with Gasteiger partial charge in [0.1, 0.15) is 5.60 Å². The minimum Gasteiger partial charge on any atom is -0.373 e. The number of terminal acetylenes is 1. The van der Waals surface area contributed by atoms with Gasteiger partial charge in [0.25, 0.3) is 0 Å². The van der Waals surface area contributed by atoms with Crippen molar-refractivity contribution in [3.8, 4) is 12.3 Å². The average molecular weight is 308 g/mol. The van der Waals surface area contributed by atoms with Crippen LogP contribution in [-0.2, 0) is 4.79 Å². The fourth-order valence-electron chi connectivity index (χ4n) is 5.82. The number of aliphatic hydroxyl groups is 1. The van der Waals surface area contributed by atoms with Gasteiger partial charge in [-0.25, -0.2) is 0 Å². The molecule has 120 valence electrons. The monoisotopic (exact) mass is 308 g/mol. The topological polar surface area (TPSA) is 37.3 Å². The number of carbonyl (C=O) groups excluding carboxylic acids is 1. The van der Waals surface area contributed by atoms with Crippen LogP contribution >= 0.6 is 0 Å². The van der Waals surface area contributed by atoms with Crippen molar-refractivity contribution in [3.63, 3.8) is 0 Å². The van der Waals surface area contributed by atoms with Crippen LogP contribution in [0.25, 0.3) is 0 Å². The molecule has 0 aromatic rings. The number of rotatable bonds is 0. The van der Waals surface area contributed by atoms with Crippen LogP contribution in [0.1, 0.15) is 39.0 Å². The Kier molecular flexibility index (Phi) is 3.06. The number of allylic oxidation sites excluding steroid dienone is 4. The molecule has 2 heteroatoms. The molecule has 0 spiro atoms. The average Bonchev–Trinajstić information content (AvgIpc) is 2.81. The van der Waals surface area contributed by atoms with Crippen molar-refractivity contribution in [1.29, 1.82) is 0 Å². The lowest BCUT2D eigenvalue weighted by molar-refractivity contribution is -0.112. The van der Waals surface area contributed by atoms with Crippen molar-refractivity contribution in [1.82, 2.24) is 0 Å². The van der Waals surface area contributed by atoms with Crippen LogP contribution in [0.4, 0.5) is 0 Å². The fourth-order valence-corrected chi connectivity index (χ4v) is 5.82. The van der Waals surface area contributed by atoms with Gasteiger partial charge in [0.2, 0.25) is 0 Å². The summed E-state index contributed by atoms with van der Waals surface area (Å²) in [4.78, 5) is 11.9. The van der Waals surface area contributed by atoms with Crippen molar-refractivity contribution in [2.24, 2.45) is 29.1 Å². The summed E-state index contributed by atoms with van der Waals surface area (Å²) in [5, 5.41) is 10.9. The SMILES string of the molecule is C#C[C@]1(O)C=C[C@H]2[C@@H]3CCC4=CC(=O)C(=C)C[C@@H]4[C@H]3CC[C@@]21C. The summed E-state index contributed by atoms with van der Waals surface area (Å²) in [7, 11) is 0. The highest BCUT2D eigenvalue weighted by molar-refractivity contribution is 6.05. The third-order valence-electron chi connectivity index (χ3n) is 7.27. The third-order valence-corrected chi connectivity index (χ3v) is 7.27. The Balaban J connectivity index is 1.68. The molecule has 4 aliphatic carbocycles. The van der Waals surface area contributed by atoms with E-state index < -0.39 is 5.60 Å². The molecule has 0 aliphatic heterocycles. The lowest BCUT2D eigenvalue weighted by atomic mass is 9.50. The summed E-state index contributed by atoms with van der Waals surface area (Å²) >= 11 is 0. The predicted octanol–water partition coefficient (Wildman–Crippen LogP) is 3.43. The maximum absolute atomic E-state index is 11.9. The van der Waals surface area contributed by atoms with Crippen LogP contribution in [0, 0.1) is 41.4 Å². The first-order valence-electron chi connectivity index (χ1n) is 8.72. The van der Waals surface area contributed by atoms with Crippen LogP contribution in [0.15, 0.2) is 36.0 Å². The number of hydrogen-bond acceptors (Lipinski definition) is 2. The van der Waals surface area contributed by atoms with Crippen molar-refractivity contribution < 1.29 is 9.90 Å². The van der Waals surface area contributed by atoms with Gasteiger partial charge in [-0.05, 0) is 73.5 Å². The van der Waals surface area contributed by atoms with Crippen LogP contribution in [0.5, 0.6) is 0 Å². The minimum absolute atomic E-state index is 0.123. The summed E-state index contributed by atoms with van der Waals surface area (Å²) in [5.41, 5.74) is 0.743. The Labute approximate surface area is 138 Å². The Morgan fingerprint density at radius 3 is 2.91 bits per heavy atom. The molecular formula is C21H24O2. The molecule has 0 radical (unpaired) electrons. The third kappa shape index (κ3) is 1.83. The quantitative estimate of drug-likeness (QED) is 0.423. The molecular weight excluding hydrogens is 284 g/mol. The van der Waals surface area contributed by atoms with Crippen LogP contribution in [0.3, 0.4) is 0 Å². The number of carbonyl (C=O) groups is 1. The second kappa shape index (κ2) is 4.71. The summed E-state index contributed by atoms with van der Waals surface area (Å²) < 4.78 is 0. The van der Waals surface area contributed by atoms with Gasteiger partial charge >= 0.3 is 0 Å². The molecule has 0 heterocycles. The second-order valence-electron chi connectivity index (χ2n) is 8.12. The zero-order valence-electron chi connectivity index (χ0n) is 13.7. The Morgan fingerprint density at radius 1 is 1.39 bits per heavy atom. The second-order valence-corrected chi connectivity index (χ2v) is 8.12. The molecule has 2 fully saturated rings. The molecule has 6 atom stereocenters. The van der Waals surface area contributed by atoms with Gasteiger partial charge in [-0.15, -0.1) is 6.42 Å². The van der Waals surface area contributed by atoms with E-state index in [0.717, 1.165) is 37.7 Å². The first-order valence-corrected chi connectivity index (χ1v) is 8.72. The van der Waals surface area contributed by atoms with Gasteiger partial charge < -0.3 is 5.11 Å². The molecule has 4 rings (SSSR count). The minimum atomic E-state index is -1.11. The zero-order valence-corrected chi connectivity index (χ0v) is 13.7. The van der Waals surface area contributed by atoms with Gasteiger partial charge in [-0.2, -0.15) is 0 Å². The molecule has 2 nitrogen and oxygen atoms in total. The molecule has 2 saturated carbocycles. The van der Waals surface area contributed by atoms with Crippen LogP contribution in [0.2, 0.25) is 0 Å². The van der Waals surface area contributed by atoms with E-state index in [-0.39, 0.29) is 11.2 Å². The molecule has 23 heavy (non-hydrogen) atoms. The van der Waals surface area contributed by atoms with E-state index in [4.69, 9.17) is 6.42 Å². The Hall–Kier alpha value is -1.59. The van der Waals surface area contributed by atoms with Crippen LogP contribution in [-0.4, -0.2) is 16.5 Å². The van der Waals surface area contributed by atoms with E-state index in [1.165, 1.54) is 5.57 Å². The number of ketones is 1. The maximum Gasteiger partial charge on any atom is 0.181 e. The van der Waals surface area contributed by atoms with E-state index in [9.17, 15) is 9.90 Å². The van der Waals surface area contributed by atoms with Crippen LogP contribution < -0.4 is 0 Å². The lowest BCUT2D eigenvalue weighted by Gasteiger charge is -2.54. The molecule has 0 saturated heterocycles. The smallest absolute Gasteiger partial charge is 0.181 e. The van der Waals surface area contributed by atoms with Gasteiger partial charge in [0.05, 0.1) is 0 Å². The molecule has 1 N–H and O–H groups in total. The van der Waals surface area contributed by atoms with E-state index in [1.54, 1.807) is 0 Å². The summed E-state index contributed by atoms with van der Waals surface area (Å²) in [6.45, 7) is 6.12. The lowest BCUT2D eigenvalue weighted by Crippen LogP contribution is -2.52. The summed E-state index contributed by atoms with van der Waals surface area (Å²) in [5.74, 6) is 4.71. The highest BCUT2D eigenvalue weighted by Crippen LogP contribution is 2.62. The molecule has 0 bridgehead atoms. The molecule has 0 amide bonds. The van der Waals surface area contributed by atoms with E-state index in [2.05, 4.69) is 25.5 Å². The van der Waals surface area contributed by atoms with Gasteiger partial charge in [-0.1, -0.05) is 31.1 Å². The highest BCUT2D eigenvalue weighted by atomic mass is 16.3. The standard InChI is InChI=1S/C21H24O2/c1-4-21(23)10-8-18-16-6-5-14-12-19(22)13(2)11-17(14)15(16)7-9-20(18,21)3/h1,8,10,12,15-18,23H,2,5-7,9,11H2,3H3/t15-,16+,17-,18-,20-,21-/m0/s1. The Bertz CT molecular complexity index is 691. The van der Waals surface area contributed by atoms with Gasteiger partial charge in [-0.3, -0.25) is 4.79 Å². The Morgan fingerprint density at radius 2 is 2.17 bits per heavy atom. The first kappa shape index (κ1) is 15.0. The first-order chi connectivity index (χ1) is 10.9. The van der Waals surface area contributed by atoms with Crippen molar-refractivity contribution in [3.05, 3.63) is 36.0 Å². The van der Waals surface area contributed by atoms with Crippen molar-refractivity contribution >= 4 is 5.78 Å². The molecule has 0 aromatic heterocycles. The fraction of sp³-hybridized carbons (Fsp3) is 0.571. The van der Waals surface area contributed by atoms with Crippen molar-refractivity contribution in [2.45, 2.75) is 44.6 Å². The predicted molar refractivity (Wildman–Crippen MR) is 90.3 cm³/mol.